The Morgan fingerprint density at radius 3 is 2.53 bits per heavy atom. The molecule has 38 heavy (non-hydrogen) atoms. The molecule has 1 heterocycles. The summed E-state index contributed by atoms with van der Waals surface area (Å²) in [5.74, 6) is 0.455. The van der Waals surface area contributed by atoms with E-state index in [-0.39, 0.29) is 29.8 Å². The lowest BCUT2D eigenvalue weighted by Gasteiger charge is -2.14. The van der Waals surface area contributed by atoms with Crippen LogP contribution in [0.25, 0.3) is 10.9 Å². The number of aromatic nitrogens is 2. The maximum atomic E-state index is 13.3. The Labute approximate surface area is 254 Å². The van der Waals surface area contributed by atoms with Crippen LogP contribution in [0.1, 0.15) is 37.6 Å². The van der Waals surface area contributed by atoms with Gasteiger partial charge in [0.05, 0.1) is 24.3 Å². The second kappa shape index (κ2) is 12.6. The van der Waals surface area contributed by atoms with Crippen LogP contribution in [0.5, 0.6) is 5.75 Å². The molecule has 11 heteroatoms. The summed E-state index contributed by atoms with van der Waals surface area (Å²) in [5.41, 5.74) is 1.64. The minimum Gasteiger partial charge on any atom is -0.482 e. The largest absolute Gasteiger partial charge is 0.482 e. The molecular formula is C27H22BrFI2N4O3. The van der Waals surface area contributed by atoms with E-state index in [1.165, 1.54) is 28.9 Å². The van der Waals surface area contributed by atoms with Crippen LogP contribution in [-0.2, 0) is 4.79 Å². The standard InChI is InChI=1S/C27H22BrFI2N4O3/c1-3-15(2)26-34-23-9-4-17(28)12-20(23)27(37)35(26)32-13-16-10-21(30)25(22(31)11-16)38-14-24(36)33-19-7-5-18(29)6-8-19/h4-13,15H,3,14H2,1-2H3,(H,33,36)/t15-/m1/s1. The van der Waals surface area contributed by atoms with Crippen molar-refractivity contribution >= 4 is 89.8 Å². The van der Waals surface area contributed by atoms with E-state index in [0.717, 1.165) is 23.6 Å². The Hall–Kier alpha value is -2.39. The molecular weight excluding hydrogens is 781 g/mol. The molecule has 1 atom stereocenters. The number of halogens is 4. The molecule has 196 valence electrons. The van der Waals surface area contributed by atoms with E-state index in [9.17, 15) is 14.0 Å². The van der Waals surface area contributed by atoms with Crippen molar-refractivity contribution in [3.8, 4) is 5.75 Å². The summed E-state index contributed by atoms with van der Waals surface area (Å²) in [6, 6.07) is 14.7. The number of hydrogen-bond acceptors (Lipinski definition) is 5. The number of fused-ring (bicyclic) bond motifs is 1. The smallest absolute Gasteiger partial charge is 0.282 e. The first-order chi connectivity index (χ1) is 18.2. The Balaban J connectivity index is 1.57. The second-order valence-corrected chi connectivity index (χ2v) is 11.7. The van der Waals surface area contributed by atoms with Crippen molar-refractivity contribution in [2.24, 2.45) is 5.10 Å². The van der Waals surface area contributed by atoms with E-state index in [1.807, 2.05) is 38.1 Å². The van der Waals surface area contributed by atoms with Crippen LogP contribution in [0.3, 0.4) is 0 Å². The molecule has 1 N–H and O–H groups in total. The lowest BCUT2D eigenvalue weighted by molar-refractivity contribution is -0.118. The Bertz CT molecular complexity index is 1570. The predicted octanol–water partition coefficient (Wildman–Crippen LogP) is 6.92. The lowest BCUT2D eigenvalue weighted by Crippen LogP contribution is -2.23. The van der Waals surface area contributed by atoms with Gasteiger partial charge in [0.2, 0.25) is 0 Å². The zero-order valence-electron chi connectivity index (χ0n) is 20.3. The molecule has 0 aliphatic heterocycles. The van der Waals surface area contributed by atoms with Gasteiger partial charge in [0, 0.05) is 16.1 Å². The van der Waals surface area contributed by atoms with Gasteiger partial charge in [-0.15, -0.1) is 0 Å². The molecule has 4 rings (SSSR count). The molecule has 1 amide bonds. The summed E-state index contributed by atoms with van der Waals surface area (Å²) in [7, 11) is 0. The number of rotatable bonds is 8. The minimum absolute atomic E-state index is 0.0324. The van der Waals surface area contributed by atoms with E-state index in [2.05, 4.69) is 71.5 Å². The van der Waals surface area contributed by atoms with Crippen LogP contribution in [0.15, 0.2) is 69.0 Å². The third kappa shape index (κ3) is 6.78. The van der Waals surface area contributed by atoms with Crippen LogP contribution < -0.4 is 15.6 Å². The number of anilines is 1. The molecule has 0 bridgehead atoms. The summed E-state index contributed by atoms with van der Waals surface area (Å²) >= 11 is 7.69. The first kappa shape index (κ1) is 28.6. The number of carbonyl (C=O) groups excluding carboxylic acids is 1. The van der Waals surface area contributed by atoms with E-state index in [1.54, 1.807) is 12.3 Å². The van der Waals surface area contributed by atoms with Crippen LogP contribution in [0, 0.1) is 13.0 Å². The lowest BCUT2D eigenvalue weighted by atomic mass is 10.1. The molecule has 0 aliphatic carbocycles. The number of nitrogens with zero attached hydrogens (tertiary/aromatic N) is 3. The van der Waals surface area contributed by atoms with Crippen LogP contribution in [0.4, 0.5) is 10.1 Å². The molecule has 1 aromatic heterocycles. The van der Waals surface area contributed by atoms with Crippen molar-refractivity contribution in [2.45, 2.75) is 26.2 Å². The first-order valence-electron chi connectivity index (χ1n) is 11.6. The minimum atomic E-state index is -0.377. The van der Waals surface area contributed by atoms with Crippen molar-refractivity contribution in [3.05, 3.63) is 93.8 Å². The van der Waals surface area contributed by atoms with E-state index in [0.29, 0.717) is 28.2 Å². The molecule has 0 spiro atoms. The summed E-state index contributed by atoms with van der Waals surface area (Å²) in [4.78, 5) is 30.4. The number of ether oxygens (including phenoxy) is 1. The third-order valence-corrected chi connectivity index (χ3v) is 7.80. The van der Waals surface area contributed by atoms with Crippen LogP contribution >= 0.6 is 61.1 Å². The fourth-order valence-corrected chi connectivity index (χ4v) is 6.05. The van der Waals surface area contributed by atoms with Gasteiger partial charge in [-0.25, -0.2) is 9.37 Å². The fraction of sp³-hybridized carbons (Fsp3) is 0.185. The molecule has 4 aromatic rings. The topological polar surface area (TPSA) is 85.6 Å². The van der Waals surface area contributed by atoms with E-state index in [4.69, 9.17) is 9.72 Å². The third-order valence-electron chi connectivity index (χ3n) is 5.70. The van der Waals surface area contributed by atoms with Crippen molar-refractivity contribution in [3.63, 3.8) is 0 Å². The van der Waals surface area contributed by atoms with E-state index >= 15 is 0 Å². The zero-order valence-corrected chi connectivity index (χ0v) is 26.2. The summed E-state index contributed by atoms with van der Waals surface area (Å²) < 4.78 is 22.6. The first-order valence-corrected chi connectivity index (χ1v) is 14.5. The second-order valence-electron chi connectivity index (χ2n) is 8.46. The Kier molecular flexibility index (Phi) is 9.52. The maximum Gasteiger partial charge on any atom is 0.282 e. The summed E-state index contributed by atoms with van der Waals surface area (Å²) in [6.45, 7) is 3.85. The number of amides is 1. The van der Waals surface area contributed by atoms with Gasteiger partial charge >= 0.3 is 0 Å². The molecule has 0 unspecified atom stereocenters. The van der Waals surface area contributed by atoms with Crippen molar-refractivity contribution in [1.82, 2.24) is 9.66 Å². The highest BCUT2D eigenvalue weighted by Gasteiger charge is 2.16. The number of carbonyl (C=O) groups is 1. The highest BCUT2D eigenvalue weighted by atomic mass is 127. The molecule has 0 saturated carbocycles. The highest BCUT2D eigenvalue weighted by molar-refractivity contribution is 14.1. The van der Waals surface area contributed by atoms with Crippen LogP contribution in [0.2, 0.25) is 0 Å². The molecule has 7 nitrogen and oxygen atoms in total. The SMILES string of the molecule is CC[C@@H](C)c1nc2ccc(Br)cc2c(=O)n1N=Cc1cc(I)c(OCC(=O)Nc2ccc(F)cc2)c(I)c1. The number of nitrogens with one attached hydrogen (secondary N) is 1. The molecule has 0 radical (unpaired) electrons. The van der Waals surface area contributed by atoms with Gasteiger partial charge in [-0.05, 0) is 112 Å². The molecule has 0 saturated heterocycles. The Morgan fingerprint density at radius 1 is 1.18 bits per heavy atom. The highest BCUT2D eigenvalue weighted by Crippen LogP contribution is 2.29. The molecule has 0 fully saturated rings. The average Bonchev–Trinajstić information content (AvgIpc) is 2.88. The van der Waals surface area contributed by atoms with Crippen LogP contribution in [-0.4, -0.2) is 28.4 Å². The molecule has 3 aromatic carbocycles. The van der Waals surface area contributed by atoms with Crippen molar-refractivity contribution in [1.29, 1.82) is 0 Å². The quantitative estimate of drug-likeness (QED) is 0.155. The summed E-state index contributed by atoms with van der Waals surface area (Å²) in [5, 5.41) is 7.68. The predicted molar refractivity (Wildman–Crippen MR) is 168 cm³/mol. The van der Waals surface area contributed by atoms with Gasteiger partial charge in [-0.3, -0.25) is 9.59 Å². The molecule has 0 aliphatic rings. The number of hydrogen-bond donors (Lipinski definition) is 1. The van der Waals surface area contributed by atoms with Gasteiger partial charge in [-0.2, -0.15) is 9.78 Å². The van der Waals surface area contributed by atoms with Gasteiger partial charge in [0.25, 0.3) is 11.5 Å². The van der Waals surface area contributed by atoms with Gasteiger partial charge in [0.15, 0.2) is 6.61 Å². The van der Waals surface area contributed by atoms with E-state index < -0.39 is 0 Å². The van der Waals surface area contributed by atoms with Gasteiger partial charge in [0.1, 0.15) is 17.4 Å². The zero-order chi connectivity index (χ0) is 27.4. The monoisotopic (exact) mass is 802 g/mol. The van der Waals surface area contributed by atoms with Gasteiger partial charge in [-0.1, -0.05) is 29.8 Å². The van der Waals surface area contributed by atoms with Crippen molar-refractivity contribution in [2.75, 3.05) is 11.9 Å². The number of benzene rings is 3. The normalized spacial score (nSPS) is 12.2. The average molecular weight is 803 g/mol. The maximum absolute atomic E-state index is 13.3. The fourth-order valence-electron chi connectivity index (χ4n) is 3.56. The van der Waals surface area contributed by atoms with Gasteiger partial charge < -0.3 is 10.1 Å². The summed E-state index contributed by atoms with van der Waals surface area (Å²) in [6.07, 6.45) is 2.43. The van der Waals surface area contributed by atoms with Crippen molar-refractivity contribution < 1.29 is 13.9 Å². The Morgan fingerprint density at radius 2 is 1.87 bits per heavy atom.